The summed E-state index contributed by atoms with van der Waals surface area (Å²) in [6.07, 6.45) is 1.60. The van der Waals surface area contributed by atoms with Gasteiger partial charge in [0, 0.05) is 18.0 Å². The predicted octanol–water partition coefficient (Wildman–Crippen LogP) is 2.32. The zero-order valence-electron chi connectivity index (χ0n) is 10.2. The summed E-state index contributed by atoms with van der Waals surface area (Å²) in [6, 6.07) is 1.79. The van der Waals surface area contributed by atoms with Gasteiger partial charge in [0.05, 0.1) is 18.8 Å². The van der Waals surface area contributed by atoms with Gasteiger partial charge in [0.15, 0.2) is 0 Å². The molecule has 18 heavy (non-hydrogen) atoms. The van der Waals surface area contributed by atoms with Gasteiger partial charge in [-0.05, 0) is 18.4 Å². The van der Waals surface area contributed by atoms with E-state index in [-0.39, 0.29) is 18.6 Å². The summed E-state index contributed by atoms with van der Waals surface area (Å²) in [5.74, 6) is -0.101. The Kier molecular flexibility index (Phi) is 4.11. The number of nitrogens with zero attached hydrogens (tertiary/aromatic N) is 2. The number of carbonyl (C=O) groups excluding carboxylic acids is 1. The number of aromatic nitrogens is 1. The second-order valence-electron chi connectivity index (χ2n) is 3.99. The average molecular weight is 282 g/mol. The van der Waals surface area contributed by atoms with Crippen molar-refractivity contribution < 1.29 is 9.90 Å². The third-order valence-corrected chi connectivity index (χ3v) is 4.45. The van der Waals surface area contributed by atoms with Crippen molar-refractivity contribution in [3.63, 3.8) is 0 Å². The Morgan fingerprint density at radius 2 is 2.39 bits per heavy atom. The summed E-state index contributed by atoms with van der Waals surface area (Å²) < 4.78 is 0. The summed E-state index contributed by atoms with van der Waals surface area (Å²) in [5.41, 5.74) is 1.04. The van der Waals surface area contributed by atoms with Gasteiger partial charge in [0.1, 0.15) is 9.88 Å². The number of aliphatic hydroxyl groups is 1. The summed E-state index contributed by atoms with van der Waals surface area (Å²) in [6.45, 7) is 1.76. The van der Waals surface area contributed by atoms with E-state index in [2.05, 4.69) is 4.98 Å². The van der Waals surface area contributed by atoms with E-state index < -0.39 is 0 Å². The minimum atomic E-state index is -0.191. The van der Waals surface area contributed by atoms with Crippen LogP contribution in [0, 0.1) is 0 Å². The van der Waals surface area contributed by atoms with Crippen LogP contribution in [0.3, 0.4) is 0 Å². The maximum absolute atomic E-state index is 12.1. The van der Waals surface area contributed by atoms with Crippen LogP contribution in [0.5, 0.6) is 0 Å². The topological polar surface area (TPSA) is 53.4 Å². The first-order valence-electron chi connectivity index (χ1n) is 5.50. The molecule has 0 spiro atoms. The minimum Gasteiger partial charge on any atom is -0.394 e. The Labute approximate surface area is 114 Å². The molecule has 1 atom stereocenters. The van der Waals surface area contributed by atoms with Crippen molar-refractivity contribution >= 4 is 28.6 Å². The van der Waals surface area contributed by atoms with Crippen LogP contribution < -0.4 is 0 Å². The highest BCUT2D eigenvalue weighted by Gasteiger charge is 2.19. The van der Waals surface area contributed by atoms with Crippen molar-refractivity contribution in [2.24, 2.45) is 0 Å². The highest BCUT2D eigenvalue weighted by Crippen LogP contribution is 2.27. The molecule has 2 aromatic rings. The molecule has 0 aliphatic carbocycles. The molecule has 0 aromatic carbocycles. The molecule has 0 saturated heterocycles. The van der Waals surface area contributed by atoms with Gasteiger partial charge in [0.2, 0.25) is 0 Å². The van der Waals surface area contributed by atoms with Crippen LogP contribution in [-0.4, -0.2) is 40.6 Å². The fourth-order valence-corrected chi connectivity index (χ4v) is 3.00. The van der Waals surface area contributed by atoms with Gasteiger partial charge in [0.25, 0.3) is 5.91 Å². The molecule has 1 unspecified atom stereocenters. The Morgan fingerprint density at radius 3 is 3.00 bits per heavy atom. The summed E-state index contributed by atoms with van der Waals surface area (Å²) in [7, 11) is 1.69. The third kappa shape index (κ3) is 2.60. The van der Waals surface area contributed by atoms with Crippen LogP contribution in [0.1, 0.15) is 16.6 Å². The molecule has 0 bridgehead atoms. The quantitative estimate of drug-likeness (QED) is 0.936. The molecular formula is C12H14N2O2S2. The monoisotopic (exact) mass is 282 g/mol. The fourth-order valence-electron chi connectivity index (χ4n) is 1.39. The Balaban J connectivity index is 2.18. The standard InChI is InChI=1S/C12H14N2O2S2/c1-8(6-15)14(2)12(16)10-5-13-11(18-10)9-3-4-17-7-9/h3-5,7-8,15H,6H2,1-2H3. The van der Waals surface area contributed by atoms with Crippen molar-refractivity contribution in [1.82, 2.24) is 9.88 Å². The molecule has 1 amide bonds. The molecule has 0 aliphatic heterocycles. The zero-order valence-corrected chi connectivity index (χ0v) is 11.8. The molecule has 6 heteroatoms. The van der Waals surface area contributed by atoms with E-state index in [0.29, 0.717) is 4.88 Å². The van der Waals surface area contributed by atoms with E-state index in [4.69, 9.17) is 5.11 Å². The van der Waals surface area contributed by atoms with E-state index in [1.54, 1.807) is 31.5 Å². The summed E-state index contributed by atoms with van der Waals surface area (Å²) in [4.78, 5) is 18.5. The van der Waals surface area contributed by atoms with Crippen LogP contribution in [-0.2, 0) is 0 Å². The van der Waals surface area contributed by atoms with Crippen LogP contribution in [0.2, 0.25) is 0 Å². The number of aliphatic hydroxyl groups excluding tert-OH is 1. The van der Waals surface area contributed by atoms with E-state index in [0.717, 1.165) is 10.6 Å². The smallest absolute Gasteiger partial charge is 0.265 e. The number of amides is 1. The van der Waals surface area contributed by atoms with E-state index in [9.17, 15) is 4.79 Å². The zero-order chi connectivity index (χ0) is 13.1. The number of thiophene rings is 1. The van der Waals surface area contributed by atoms with Crippen molar-refractivity contribution in [2.75, 3.05) is 13.7 Å². The highest BCUT2D eigenvalue weighted by molar-refractivity contribution is 7.17. The molecule has 0 radical (unpaired) electrons. The fraction of sp³-hybridized carbons (Fsp3) is 0.333. The van der Waals surface area contributed by atoms with Gasteiger partial charge >= 0.3 is 0 Å². The molecular weight excluding hydrogens is 268 g/mol. The third-order valence-electron chi connectivity index (χ3n) is 2.73. The molecule has 96 valence electrons. The first-order chi connectivity index (χ1) is 8.63. The van der Waals surface area contributed by atoms with Crippen molar-refractivity contribution in [3.8, 4) is 10.6 Å². The number of carbonyl (C=O) groups is 1. The van der Waals surface area contributed by atoms with Crippen LogP contribution in [0.4, 0.5) is 0 Å². The van der Waals surface area contributed by atoms with Gasteiger partial charge in [-0.3, -0.25) is 4.79 Å². The van der Waals surface area contributed by atoms with Gasteiger partial charge in [-0.2, -0.15) is 11.3 Å². The van der Waals surface area contributed by atoms with Crippen molar-refractivity contribution in [2.45, 2.75) is 13.0 Å². The molecule has 2 rings (SSSR count). The molecule has 0 saturated carbocycles. The van der Waals surface area contributed by atoms with Gasteiger partial charge in [-0.15, -0.1) is 11.3 Å². The molecule has 4 nitrogen and oxygen atoms in total. The SMILES string of the molecule is CC(CO)N(C)C(=O)c1cnc(-c2ccsc2)s1. The Hall–Kier alpha value is -1.24. The van der Waals surface area contributed by atoms with Gasteiger partial charge < -0.3 is 10.0 Å². The largest absolute Gasteiger partial charge is 0.394 e. The maximum Gasteiger partial charge on any atom is 0.265 e. The lowest BCUT2D eigenvalue weighted by atomic mass is 10.3. The highest BCUT2D eigenvalue weighted by atomic mass is 32.1. The molecule has 0 fully saturated rings. The lowest BCUT2D eigenvalue weighted by molar-refractivity contribution is 0.0687. The van der Waals surface area contributed by atoms with E-state index in [1.807, 2.05) is 16.8 Å². The van der Waals surface area contributed by atoms with E-state index in [1.165, 1.54) is 16.2 Å². The number of rotatable bonds is 4. The van der Waals surface area contributed by atoms with E-state index >= 15 is 0 Å². The van der Waals surface area contributed by atoms with Crippen LogP contribution in [0.25, 0.3) is 10.6 Å². The molecule has 0 aliphatic rings. The predicted molar refractivity (Wildman–Crippen MR) is 74.1 cm³/mol. The second kappa shape index (κ2) is 5.60. The minimum absolute atomic E-state index is 0.0432. The average Bonchev–Trinajstić information content (AvgIpc) is 3.05. The first-order valence-corrected chi connectivity index (χ1v) is 7.26. The van der Waals surface area contributed by atoms with Crippen LogP contribution in [0.15, 0.2) is 23.0 Å². The molecule has 2 heterocycles. The van der Waals surface area contributed by atoms with Crippen molar-refractivity contribution in [1.29, 1.82) is 0 Å². The summed E-state index contributed by atoms with van der Waals surface area (Å²) >= 11 is 2.98. The van der Waals surface area contributed by atoms with Crippen LogP contribution >= 0.6 is 22.7 Å². The number of hydrogen-bond donors (Lipinski definition) is 1. The first kappa shape index (κ1) is 13.2. The number of hydrogen-bond acceptors (Lipinski definition) is 5. The number of likely N-dealkylation sites (N-methyl/N-ethyl adjacent to an activating group) is 1. The van der Waals surface area contributed by atoms with Gasteiger partial charge in [-0.1, -0.05) is 0 Å². The normalized spacial score (nSPS) is 12.4. The second-order valence-corrected chi connectivity index (χ2v) is 5.80. The molecule has 1 N–H and O–H groups in total. The lowest BCUT2D eigenvalue weighted by Gasteiger charge is -2.22. The molecule has 2 aromatic heterocycles. The Morgan fingerprint density at radius 1 is 1.61 bits per heavy atom. The summed E-state index contributed by atoms with van der Waals surface area (Å²) in [5, 5.41) is 13.9. The van der Waals surface area contributed by atoms with Gasteiger partial charge in [-0.25, -0.2) is 4.98 Å². The number of thiazole rings is 1. The Bertz CT molecular complexity index is 522. The van der Waals surface area contributed by atoms with Crippen molar-refractivity contribution in [3.05, 3.63) is 27.9 Å². The lowest BCUT2D eigenvalue weighted by Crippen LogP contribution is -2.36. The maximum atomic E-state index is 12.1.